The van der Waals surface area contributed by atoms with Gasteiger partial charge in [0, 0.05) is 12.5 Å². The van der Waals surface area contributed by atoms with E-state index in [0.717, 1.165) is 19.3 Å². The SMILES string of the molecule is CC(CCCN)NC(=O)CC1CCCCCC1. The first-order valence-corrected chi connectivity index (χ1v) is 7.21. The van der Waals surface area contributed by atoms with Crippen molar-refractivity contribution >= 4 is 5.91 Å². The average Bonchev–Trinajstić information content (AvgIpc) is 2.54. The second-order valence-corrected chi connectivity index (χ2v) is 5.46. The molecule has 1 rings (SSSR count). The molecule has 0 radical (unpaired) electrons. The van der Waals surface area contributed by atoms with E-state index < -0.39 is 0 Å². The number of amides is 1. The van der Waals surface area contributed by atoms with Gasteiger partial charge in [0.1, 0.15) is 0 Å². The summed E-state index contributed by atoms with van der Waals surface area (Å²) >= 11 is 0. The van der Waals surface area contributed by atoms with E-state index in [-0.39, 0.29) is 11.9 Å². The Hall–Kier alpha value is -0.570. The van der Waals surface area contributed by atoms with E-state index in [1.54, 1.807) is 0 Å². The Morgan fingerprint density at radius 2 is 1.94 bits per heavy atom. The first-order valence-electron chi connectivity index (χ1n) is 7.21. The molecule has 0 aromatic rings. The van der Waals surface area contributed by atoms with Crippen molar-refractivity contribution in [2.75, 3.05) is 6.54 Å². The zero-order valence-electron chi connectivity index (χ0n) is 11.2. The fourth-order valence-electron chi connectivity index (χ4n) is 2.66. The largest absolute Gasteiger partial charge is 0.354 e. The number of hydrogen-bond donors (Lipinski definition) is 2. The zero-order chi connectivity index (χ0) is 12.5. The van der Waals surface area contributed by atoms with E-state index in [1.807, 2.05) is 0 Å². The number of hydrogen-bond acceptors (Lipinski definition) is 2. The van der Waals surface area contributed by atoms with Gasteiger partial charge in [-0.3, -0.25) is 4.79 Å². The van der Waals surface area contributed by atoms with Crippen LogP contribution in [0.15, 0.2) is 0 Å². The van der Waals surface area contributed by atoms with Crippen LogP contribution in [0, 0.1) is 5.92 Å². The minimum Gasteiger partial charge on any atom is -0.354 e. The lowest BCUT2D eigenvalue weighted by atomic mass is 9.96. The van der Waals surface area contributed by atoms with Gasteiger partial charge in [-0.15, -0.1) is 0 Å². The number of carbonyl (C=O) groups excluding carboxylic acids is 1. The van der Waals surface area contributed by atoms with Crippen LogP contribution >= 0.6 is 0 Å². The normalized spacial score (nSPS) is 19.6. The van der Waals surface area contributed by atoms with E-state index in [9.17, 15) is 4.79 Å². The quantitative estimate of drug-likeness (QED) is 0.701. The Bertz CT molecular complexity index is 210. The number of carbonyl (C=O) groups is 1. The Balaban J connectivity index is 2.18. The summed E-state index contributed by atoms with van der Waals surface area (Å²) in [7, 11) is 0. The summed E-state index contributed by atoms with van der Waals surface area (Å²) in [5, 5.41) is 3.09. The first kappa shape index (κ1) is 14.5. The lowest BCUT2D eigenvalue weighted by Crippen LogP contribution is -2.34. The van der Waals surface area contributed by atoms with Gasteiger partial charge in [0.05, 0.1) is 0 Å². The first-order chi connectivity index (χ1) is 8.22. The molecule has 1 unspecified atom stereocenters. The smallest absolute Gasteiger partial charge is 0.220 e. The van der Waals surface area contributed by atoms with Crippen molar-refractivity contribution in [2.24, 2.45) is 11.7 Å². The highest BCUT2D eigenvalue weighted by molar-refractivity contribution is 5.76. The van der Waals surface area contributed by atoms with Crippen molar-refractivity contribution in [3.05, 3.63) is 0 Å². The molecule has 0 aromatic heterocycles. The molecule has 1 amide bonds. The summed E-state index contributed by atoms with van der Waals surface area (Å²) in [5.41, 5.74) is 5.46. The van der Waals surface area contributed by atoms with Gasteiger partial charge in [-0.2, -0.15) is 0 Å². The van der Waals surface area contributed by atoms with Gasteiger partial charge >= 0.3 is 0 Å². The summed E-state index contributed by atoms with van der Waals surface area (Å²) in [6, 6.07) is 0.275. The third-order valence-corrected chi connectivity index (χ3v) is 3.70. The van der Waals surface area contributed by atoms with E-state index in [2.05, 4.69) is 12.2 Å². The van der Waals surface area contributed by atoms with Gasteiger partial charge in [-0.05, 0) is 45.1 Å². The molecule has 100 valence electrons. The van der Waals surface area contributed by atoms with E-state index in [4.69, 9.17) is 5.73 Å². The highest BCUT2D eigenvalue weighted by Gasteiger charge is 2.16. The minimum absolute atomic E-state index is 0.237. The summed E-state index contributed by atoms with van der Waals surface area (Å²) < 4.78 is 0. The van der Waals surface area contributed by atoms with Crippen LogP contribution in [0.1, 0.15) is 64.7 Å². The lowest BCUT2D eigenvalue weighted by Gasteiger charge is -2.17. The number of nitrogens with two attached hydrogens (primary N) is 1. The third-order valence-electron chi connectivity index (χ3n) is 3.70. The Kier molecular flexibility index (Phi) is 7.25. The minimum atomic E-state index is 0.237. The summed E-state index contributed by atoms with van der Waals surface area (Å²) in [5.74, 6) is 0.862. The summed E-state index contributed by atoms with van der Waals surface area (Å²) in [6.07, 6.45) is 10.5. The molecule has 3 nitrogen and oxygen atoms in total. The average molecular weight is 240 g/mol. The van der Waals surface area contributed by atoms with Crippen LogP contribution in [0.25, 0.3) is 0 Å². The zero-order valence-corrected chi connectivity index (χ0v) is 11.2. The highest BCUT2D eigenvalue weighted by Crippen LogP contribution is 2.25. The highest BCUT2D eigenvalue weighted by atomic mass is 16.1. The lowest BCUT2D eigenvalue weighted by molar-refractivity contribution is -0.122. The monoisotopic (exact) mass is 240 g/mol. The van der Waals surface area contributed by atoms with Crippen LogP contribution in [-0.4, -0.2) is 18.5 Å². The van der Waals surface area contributed by atoms with Crippen molar-refractivity contribution in [1.29, 1.82) is 0 Å². The van der Waals surface area contributed by atoms with Gasteiger partial charge in [-0.1, -0.05) is 25.7 Å². The van der Waals surface area contributed by atoms with Gasteiger partial charge in [0.2, 0.25) is 5.91 Å². The molecule has 1 aliphatic carbocycles. The molecule has 0 bridgehead atoms. The predicted octanol–water partition coefficient (Wildman–Crippen LogP) is 2.59. The Morgan fingerprint density at radius 3 is 2.53 bits per heavy atom. The molecule has 3 heteroatoms. The van der Waals surface area contributed by atoms with Gasteiger partial charge in [0.25, 0.3) is 0 Å². The van der Waals surface area contributed by atoms with E-state index in [0.29, 0.717) is 12.5 Å². The molecule has 3 N–H and O–H groups in total. The second kappa shape index (κ2) is 8.51. The molecule has 0 heterocycles. The van der Waals surface area contributed by atoms with Gasteiger partial charge in [-0.25, -0.2) is 0 Å². The van der Waals surface area contributed by atoms with Crippen LogP contribution in [0.2, 0.25) is 0 Å². The Morgan fingerprint density at radius 1 is 1.29 bits per heavy atom. The summed E-state index contributed by atoms with van der Waals surface area (Å²) in [6.45, 7) is 2.78. The number of rotatable bonds is 6. The molecule has 1 saturated carbocycles. The van der Waals surface area contributed by atoms with Gasteiger partial charge in [0.15, 0.2) is 0 Å². The predicted molar refractivity (Wildman–Crippen MR) is 71.7 cm³/mol. The number of nitrogens with one attached hydrogen (secondary N) is 1. The second-order valence-electron chi connectivity index (χ2n) is 5.46. The van der Waals surface area contributed by atoms with Crippen molar-refractivity contribution in [3.63, 3.8) is 0 Å². The molecule has 1 aliphatic rings. The molecule has 0 saturated heterocycles. The fraction of sp³-hybridized carbons (Fsp3) is 0.929. The van der Waals surface area contributed by atoms with Crippen LogP contribution in [-0.2, 0) is 4.79 Å². The molecular weight excluding hydrogens is 212 g/mol. The Labute approximate surface area is 106 Å². The topological polar surface area (TPSA) is 55.1 Å². The van der Waals surface area contributed by atoms with Crippen molar-refractivity contribution in [3.8, 4) is 0 Å². The molecule has 1 fully saturated rings. The van der Waals surface area contributed by atoms with E-state index >= 15 is 0 Å². The maximum atomic E-state index is 11.9. The van der Waals surface area contributed by atoms with Crippen molar-refractivity contribution in [1.82, 2.24) is 5.32 Å². The maximum absolute atomic E-state index is 11.9. The van der Waals surface area contributed by atoms with Crippen molar-refractivity contribution in [2.45, 2.75) is 70.8 Å². The molecule has 0 aromatic carbocycles. The van der Waals surface area contributed by atoms with Gasteiger partial charge < -0.3 is 11.1 Å². The fourth-order valence-corrected chi connectivity index (χ4v) is 2.66. The summed E-state index contributed by atoms with van der Waals surface area (Å²) in [4.78, 5) is 11.9. The van der Waals surface area contributed by atoms with Crippen molar-refractivity contribution < 1.29 is 4.79 Å². The van der Waals surface area contributed by atoms with Crippen LogP contribution in [0.5, 0.6) is 0 Å². The van der Waals surface area contributed by atoms with Crippen LogP contribution in [0.4, 0.5) is 0 Å². The third kappa shape index (κ3) is 6.67. The maximum Gasteiger partial charge on any atom is 0.220 e. The molecule has 1 atom stereocenters. The van der Waals surface area contributed by atoms with E-state index in [1.165, 1.54) is 38.5 Å². The molecule has 17 heavy (non-hydrogen) atoms. The van der Waals surface area contributed by atoms with Crippen LogP contribution < -0.4 is 11.1 Å². The molecule has 0 aliphatic heterocycles. The van der Waals surface area contributed by atoms with Crippen LogP contribution in [0.3, 0.4) is 0 Å². The molecular formula is C14H28N2O. The molecule has 0 spiro atoms. The standard InChI is InChI=1S/C14H28N2O/c1-12(7-6-10-15)16-14(17)11-13-8-4-2-3-5-9-13/h12-13H,2-11,15H2,1H3,(H,16,17).